The zero-order valence-electron chi connectivity index (χ0n) is 22.2. The predicted molar refractivity (Wildman–Crippen MR) is 144 cm³/mol. The van der Waals surface area contributed by atoms with Crippen LogP contribution in [0.15, 0.2) is 77.8 Å². The lowest BCUT2D eigenvalue weighted by molar-refractivity contribution is -0.137. The van der Waals surface area contributed by atoms with Crippen LogP contribution >= 0.6 is 0 Å². The number of ether oxygens (including phenoxy) is 2. The number of hydrogen-bond acceptors (Lipinski definition) is 5. The topological polar surface area (TPSA) is 77.0 Å². The van der Waals surface area contributed by atoms with Crippen LogP contribution in [0.4, 0.5) is 26.7 Å². The molecule has 0 unspecified atom stereocenters. The fourth-order valence-corrected chi connectivity index (χ4v) is 5.42. The highest BCUT2D eigenvalue weighted by Crippen LogP contribution is 2.44. The minimum absolute atomic E-state index is 0.103. The molecule has 218 valence electrons. The molecular weight excluding hydrogens is 571 g/mol. The lowest BCUT2D eigenvalue weighted by atomic mass is 9.98. The van der Waals surface area contributed by atoms with E-state index in [0.717, 1.165) is 22.3 Å². The van der Waals surface area contributed by atoms with E-state index in [9.17, 15) is 31.5 Å². The van der Waals surface area contributed by atoms with E-state index in [1.165, 1.54) is 0 Å². The number of nitrogens with one attached hydrogen (secondary N) is 1. The van der Waals surface area contributed by atoms with E-state index in [1.54, 1.807) is 24.3 Å². The molecule has 0 aromatic heterocycles. The average molecular weight is 593 g/mol. The number of amides is 1. The summed E-state index contributed by atoms with van der Waals surface area (Å²) in [6.45, 7) is 0.0476. The van der Waals surface area contributed by atoms with E-state index >= 15 is 0 Å². The van der Waals surface area contributed by atoms with Crippen LogP contribution in [0.1, 0.15) is 23.5 Å². The average Bonchev–Trinajstić information content (AvgIpc) is 3.58. The number of hydrogen-bond donors (Lipinski definition) is 1. The van der Waals surface area contributed by atoms with Crippen LogP contribution in [0.3, 0.4) is 0 Å². The number of alkyl carbamates (subject to hydrolysis) is 1. The second-order valence-corrected chi connectivity index (χ2v) is 9.98. The van der Waals surface area contributed by atoms with Gasteiger partial charge in [0.1, 0.15) is 12.6 Å². The highest BCUT2D eigenvalue weighted by molar-refractivity contribution is 5.85. The van der Waals surface area contributed by atoms with Crippen LogP contribution in [0.25, 0.3) is 16.7 Å². The number of benzene rings is 4. The number of esters is 1. The lowest BCUT2D eigenvalue weighted by Gasteiger charge is -2.20. The Labute approximate surface area is 241 Å². The zero-order valence-corrected chi connectivity index (χ0v) is 22.2. The van der Waals surface area contributed by atoms with Crippen molar-refractivity contribution >= 4 is 17.6 Å². The molecule has 11 heteroatoms. The molecule has 0 saturated carbocycles. The fourth-order valence-electron chi connectivity index (χ4n) is 5.42. The number of rotatable bonds is 7. The second-order valence-electron chi connectivity index (χ2n) is 9.98. The lowest BCUT2D eigenvalue weighted by Crippen LogP contribution is -2.44. The van der Waals surface area contributed by atoms with Crippen molar-refractivity contribution < 1.29 is 41.0 Å². The van der Waals surface area contributed by atoms with Gasteiger partial charge in [-0.2, -0.15) is 8.78 Å². The van der Waals surface area contributed by atoms with Gasteiger partial charge in [-0.1, -0.05) is 66.7 Å². The van der Waals surface area contributed by atoms with Crippen LogP contribution in [0, 0.1) is 29.1 Å². The van der Waals surface area contributed by atoms with Gasteiger partial charge in [0, 0.05) is 17.6 Å². The van der Waals surface area contributed by atoms with Gasteiger partial charge >= 0.3 is 12.1 Å². The Morgan fingerprint density at radius 1 is 0.791 bits per heavy atom. The molecule has 0 fully saturated rings. The van der Waals surface area contributed by atoms with Crippen LogP contribution in [0.2, 0.25) is 0 Å². The minimum atomic E-state index is -2.40. The summed E-state index contributed by atoms with van der Waals surface area (Å²) in [5, 5.41) is 3.64. The molecule has 1 heterocycles. The molecule has 1 atom stereocenters. The maximum atomic E-state index is 14.3. The molecule has 0 saturated heterocycles. The van der Waals surface area contributed by atoms with Crippen molar-refractivity contribution in [2.75, 3.05) is 13.2 Å². The maximum absolute atomic E-state index is 14.3. The van der Waals surface area contributed by atoms with Crippen molar-refractivity contribution in [1.29, 1.82) is 0 Å². The smallest absolute Gasteiger partial charge is 0.407 e. The molecule has 0 spiro atoms. The first-order valence-corrected chi connectivity index (χ1v) is 13.2. The minimum Gasteiger partial charge on any atom is -0.449 e. The SMILES string of the molecule is O=C(N[C@H](CC1=c2ccccc2=NC1)C(=O)Oc1c(F)c(F)c(F)c(F)c1F)OCC1c2ccccc2-c2ccccc21. The van der Waals surface area contributed by atoms with E-state index < -0.39 is 52.9 Å². The molecule has 0 bridgehead atoms. The van der Waals surface area contributed by atoms with Gasteiger partial charge in [-0.15, -0.1) is 0 Å². The Kier molecular flexibility index (Phi) is 7.39. The number of carbonyl (C=O) groups is 2. The molecule has 2 aliphatic rings. The number of fused-ring (bicyclic) bond motifs is 4. The summed E-state index contributed by atoms with van der Waals surface area (Å²) in [6.07, 6.45) is -1.29. The van der Waals surface area contributed by atoms with Gasteiger partial charge in [0.2, 0.25) is 34.8 Å². The number of para-hydroxylation sites is 1. The highest BCUT2D eigenvalue weighted by atomic mass is 19.2. The fraction of sp³-hybridized carbons (Fsp3) is 0.156. The third-order valence-corrected chi connectivity index (χ3v) is 7.47. The normalized spacial score (nSPS) is 13.9. The Hall–Kier alpha value is -5.06. The summed E-state index contributed by atoms with van der Waals surface area (Å²) in [4.78, 5) is 30.5. The van der Waals surface area contributed by atoms with Crippen molar-refractivity contribution in [2.24, 2.45) is 4.99 Å². The maximum Gasteiger partial charge on any atom is 0.407 e. The van der Waals surface area contributed by atoms with Crippen LogP contribution < -0.4 is 20.6 Å². The summed E-state index contributed by atoms with van der Waals surface area (Å²) in [5.74, 6) is -15.1. The molecule has 6 rings (SSSR count). The molecule has 1 aliphatic heterocycles. The Morgan fingerprint density at radius 3 is 2.00 bits per heavy atom. The molecule has 43 heavy (non-hydrogen) atoms. The second kappa shape index (κ2) is 11.3. The Bertz CT molecular complexity index is 1840. The van der Waals surface area contributed by atoms with Gasteiger partial charge < -0.3 is 14.8 Å². The quantitative estimate of drug-likeness (QED) is 0.107. The van der Waals surface area contributed by atoms with E-state index in [2.05, 4.69) is 15.0 Å². The van der Waals surface area contributed by atoms with Gasteiger partial charge in [0.15, 0.2) is 0 Å². The summed E-state index contributed by atoms with van der Waals surface area (Å²) >= 11 is 0. The third-order valence-electron chi connectivity index (χ3n) is 7.47. The van der Waals surface area contributed by atoms with Crippen molar-refractivity contribution in [3.05, 3.63) is 124 Å². The number of carbonyl (C=O) groups excluding carboxylic acids is 2. The highest BCUT2D eigenvalue weighted by Gasteiger charge is 2.33. The molecule has 1 N–H and O–H groups in total. The van der Waals surface area contributed by atoms with Crippen molar-refractivity contribution in [3.8, 4) is 16.9 Å². The molecule has 4 aromatic rings. The Morgan fingerprint density at radius 2 is 1.35 bits per heavy atom. The van der Waals surface area contributed by atoms with Gasteiger partial charge in [0.05, 0.1) is 11.9 Å². The van der Waals surface area contributed by atoms with Crippen molar-refractivity contribution in [2.45, 2.75) is 18.4 Å². The molecular formula is C32H21F5N2O4. The first-order chi connectivity index (χ1) is 20.7. The van der Waals surface area contributed by atoms with E-state index in [0.29, 0.717) is 16.1 Å². The van der Waals surface area contributed by atoms with Crippen LogP contribution in [0.5, 0.6) is 5.75 Å². The summed E-state index contributed by atoms with van der Waals surface area (Å²) in [5.41, 5.74) is 4.46. The van der Waals surface area contributed by atoms with Crippen LogP contribution in [-0.2, 0) is 9.53 Å². The predicted octanol–water partition coefficient (Wildman–Crippen LogP) is 5.07. The van der Waals surface area contributed by atoms with E-state index in [4.69, 9.17) is 4.74 Å². The first kappa shape index (κ1) is 28.1. The van der Waals surface area contributed by atoms with Gasteiger partial charge in [0.25, 0.3) is 0 Å². The molecule has 0 radical (unpaired) electrons. The number of halogens is 5. The number of nitrogens with zero attached hydrogens (tertiary/aromatic N) is 1. The van der Waals surface area contributed by atoms with Crippen molar-refractivity contribution in [3.63, 3.8) is 0 Å². The van der Waals surface area contributed by atoms with Gasteiger partial charge in [-0.3, -0.25) is 4.99 Å². The first-order valence-electron chi connectivity index (χ1n) is 13.2. The van der Waals surface area contributed by atoms with Crippen LogP contribution in [-0.4, -0.2) is 31.3 Å². The Balaban J connectivity index is 1.25. The van der Waals surface area contributed by atoms with Crippen molar-refractivity contribution in [1.82, 2.24) is 5.32 Å². The monoisotopic (exact) mass is 592 g/mol. The molecule has 1 amide bonds. The van der Waals surface area contributed by atoms with Gasteiger partial charge in [-0.05, 0) is 33.9 Å². The third kappa shape index (κ3) is 5.11. The van der Waals surface area contributed by atoms with E-state index in [1.807, 2.05) is 48.5 Å². The summed E-state index contributed by atoms with van der Waals surface area (Å²) in [7, 11) is 0. The summed E-state index contributed by atoms with van der Waals surface area (Å²) in [6, 6.07) is 20.6. The standard InChI is InChI=1S/C32H21F5N2O4/c33-25-26(34)28(36)30(29(37)27(25)35)43-31(40)24(13-16-14-38-23-12-6-5-7-17(16)23)39-32(41)42-15-22-20-10-3-1-8-18(20)19-9-2-4-11-21(19)22/h1-12,22,24H,13-15H2,(H,39,41)/t24-/m1/s1. The molecule has 4 aromatic carbocycles. The van der Waals surface area contributed by atoms with Gasteiger partial charge in [-0.25, -0.2) is 22.8 Å². The molecule has 1 aliphatic carbocycles. The van der Waals surface area contributed by atoms with E-state index in [-0.39, 0.29) is 25.5 Å². The largest absolute Gasteiger partial charge is 0.449 e. The molecule has 6 nitrogen and oxygen atoms in total. The summed E-state index contributed by atoms with van der Waals surface area (Å²) < 4.78 is 79.8. The zero-order chi connectivity index (χ0) is 30.2.